The molecule has 1 N–H and O–H groups in total. The van der Waals surface area contributed by atoms with E-state index in [1.165, 1.54) is 11.1 Å². The van der Waals surface area contributed by atoms with Crippen molar-refractivity contribution in [1.29, 1.82) is 0 Å². The fraction of sp³-hybridized carbons (Fsp3) is 0.628. The van der Waals surface area contributed by atoms with Crippen LogP contribution in [0.3, 0.4) is 0 Å². The molecule has 1 unspecified atom stereocenters. The summed E-state index contributed by atoms with van der Waals surface area (Å²) in [7, 11) is -1.05. The van der Waals surface area contributed by atoms with Crippen molar-refractivity contribution in [3.05, 3.63) is 70.3 Å². The molecule has 8 nitrogen and oxygen atoms in total. The van der Waals surface area contributed by atoms with E-state index in [2.05, 4.69) is 77.3 Å². The number of carbonyl (C=O) groups is 1. The number of amides is 1. The quantitative estimate of drug-likeness (QED) is 0.266. The van der Waals surface area contributed by atoms with Crippen LogP contribution in [-0.4, -0.2) is 102 Å². The number of methoxy groups -OCH3 is 1. The van der Waals surface area contributed by atoms with Crippen LogP contribution in [0, 0.1) is 17.8 Å². The summed E-state index contributed by atoms with van der Waals surface area (Å²) in [4.78, 5) is 21.6. The number of ether oxygens (including phenoxy) is 2. The van der Waals surface area contributed by atoms with Crippen molar-refractivity contribution in [2.24, 2.45) is 17.8 Å². The van der Waals surface area contributed by atoms with Crippen molar-refractivity contribution >= 4 is 38.8 Å². The number of aryl methyl sites for hydroxylation is 1. The lowest BCUT2D eigenvalue weighted by Gasteiger charge is -2.53. The first-order chi connectivity index (χ1) is 25.3. The summed E-state index contributed by atoms with van der Waals surface area (Å²) < 4.78 is 30.5. The summed E-state index contributed by atoms with van der Waals surface area (Å²) in [6, 6.07) is 13.0. The largest absolute Gasteiger partial charge is 0.490 e. The van der Waals surface area contributed by atoms with Crippen molar-refractivity contribution in [3.8, 4) is 5.75 Å². The monoisotopic (exact) mass is 764 g/mol. The highest BCUT2D eigenvalue weighted by Crippen LogP contribution is 2.49. The molecule has 10 heteroatoms. The third kappa shape index (κ3) is 7.42. The molecule has 5 aliphatic rings. The van der Waals surface area contributed by atoms with Crippen LogP contribution in [0.1, 0.15) is 88.2 Å². The van der Waals surface area contributed by atoms with E-state index in [0.717, 1.165) is 94.3 Å². The first-order valence-electron chi connectivity index (χ1n) is 20.0. The number of carbonyl (C=O) groups excluding carboxylic acids is 1. The topological polar surface area (TPSA) is 74.4 Å². The second-order valence-corrected chi connectivity index (χ2v) is 19.9. The van der Waals surface area contributed by atoms with Crippen molar-refractivity contribution < 1.29 is 18.5 Å². The zero-order chi connectivity index (χ0) is 37.7. The zero-order valence-corrected chi connectivity index (χ0v) is 34.3. The van der Waals surface area contributed by atoms with Crippen LogP contribution in [0.15, 0.2) is 48.6 Å². The summed E-state index contributed by atoms with van der Waals surface area (Å²) in [6.07, 6.45) is 10.6. The van der Waals surface area contributed by atoms with Gasteiger partial charge in [0.2, 0.25) is 0 Å². The molecule has 290 valence electrons. The molecule has 2 aliphatic carbocycles. The third-order valence-corrected chi connectivity index (χ3v) is 16.2. The van der Waals surface area contributed by atoms with Gasteiger partial charge in [-0.3, -0.25) is 19.3 Å². The maximum Gasteiger partial charge on any atom is 0.262 e. The van der Waals surface area contributed by atoms with Crippen LogP contribution in [0.2, 0.25) is 5.02 Å². The van der Waals surface area contributed by atoms with E-state index in [1.807, 2.05) is 32.2 Å². The number of likely N-dealkylation sites (N-methyl/N-ethyl adjacent to an activating group) is 1. The molecule has 3 heterocycles. The van der Waals surface area contributed by atoms with Gasteiger partial charge < -0.3 is 14.4 Å². The fourth-order valence-corrected chi connectivity index (χ4v) is 12.1. The van der Waals surface area contributed by atoms with E-state index in [9.17, 15) is 9.00 Å². The molecule has 1 spiro atoms. The molecule has 1 amide bonds. The molecule has 53 heavy (non-hydrogen) atoms. The Morgan fingerprint density at radius 3 is 2.55 bits per heavy atom. The Morgan fingerprint density at radius 2 is 1.85 bits per heavy atom. The number of hydrogen-bond acceptors (Lipinski definition) is 7. The van der Waals surface area contributed by atoms with E-state index in [0.29, 0.717) is 36.1 Å². The van der Waals surface area contributed by atoms with Crippen LogP contribution >= 0.6 is 11.6 Å². The Labute approximate surface area is 323 Å². The Bertz CT molecular complexity index is 1810. The summed E-state index contributed by atoms with van der Waals surface area (Å²) in [5.74, 6) is 5.22. The summed E-state index contributed by atoms with van der Waals surface area (Å²) in [5, 5.41) is 0.438. The molecule has 2 fully saturated rings. The SMILES string of the molecule is C=S1(=O)NC(=O)c2ccc3c(c2)N(C[C@@H]2CC[C@H]2[C@](CN2C[C@@H](C)N(CC)[C@@H](C)C2)(OC)/C=C/C[C@H](C)[C@H]1C)C[C@@]1(CCCc2cc(Cl)ccc21)CO3. The van der Waals surface area contributed by atoms with Crippen LogP contribution in [0.4, 0.5) is 5.69 Å². The minimum absolute atomic E-state index is 0.0321. The summed E-state index contributed by atoms with van der Waals surface area (Å²) in [5.41, 5.74) is 3.31. The number of nitrogens with one attached hydrogen (secondary N) is 1. The van der Waals surface area contributed by atoms with Gasteiger partial charge in [0, 0.05) is 73.2 Å². The van der Waals surface area contributed by atoms with E-state index in [-0.39, 0.29) is 22.5 Å². The van der Waals surface area contributed by atoms with Gasteiger partial charge in [0.05, 0.1) is 22.0 Å². The van der Waals surface area contributed by atoms with E-state index < -0.39 is 15.3 Å². The first kappa shape index (κ1) is 38.7. The molecular weight excluding hydrogens is 704 g/mol. The van der Waals surface area contributed by atoms with Gasteiger partial charge in [0.15, 0.2) is 0 Å². The molecule has 3 aliphatic heterocycles. The smallest absolute Gasteiger partial charge is 0.262 e. The van der Waals surface area contributed by atoms with Crippen LogP contribution < -0.4 is 14.4 Å². The average molecular weight is 766 g/mol. The lowest BCUT2D eigenvalue weighted by Crippen LogP contribution is -2.62. The fourth-order valence-electron chi connectivity index (χ4n) is 10.5. The van der Waals surface area contributed by atoms with Gasteiger partial charge in [-0.05, 0) is 131 Å². The van der Waals surface area contributed by atoms with Crippen LogP contribution in [0.5, 0.6) is 5.75 Å². The van der Waals surface area contributed by atoms with Crippen LogP contribution in [-0.2, 0) is 26.3 Å². The number of allylic oxidation sites excluding steroid dienone is 1. The van der Waals surface area contributed by atoms with Crippen molar-refractivity contribution in [2.45, 2.75) is 101 Å². The Kier molecular flexibility index (Phi) is 11.1. The molecule has 2 aromatic carbocycles. The minimum Gasteiger partial charge on any atom is -0.490 e. The standard InChI is InChI=1S/C43H61ClN4O4S/c1-8-48-30(3)23-46(24-31(48)4)27-43(51-6)20-9-11-29(2)32(5)53(7,50)45-41(49)34-14-18-40-39(22-34)47(25-35-13-16-38(35)43)26-42(28-52-40)19-10-12-33-21-36(44)15-17-37(33)42/h9,14-15,17-18,20-22,29-32,35,38H,7-8,10-13,16,19,23-28H2,1-6H3,(H,45,49,50)/b20-9+/t29-,30-,31+,32+,35-,38+,42-,43-,53?/m0/s1. The van der Waals surface area contributed by atoms with E-state index >= 15 is 0 Å². The van der Waals surface area contributed by atoms with Gasteiger partial charge in [0.1, 0.15) is 11.4 Å². The molecule has 1 saturated carbocycles. The second-order valence-electron chi connectivity index (χ2n) is 17.1. The number of fused-ring (bicyclic) bond motifs is 4. The Morgan fingerprint density at radius 1 is 1.08 bits per heavy atom. The van der Waals surface area contributed by atoms with Crippen molar-refractivity contribution in [2.75, 3.05) is 57.9 Å². The van der Waals surface area contributed by atoms with Gasteiger partial charge in [-0.15, -0.1) is 0 Å². The number of benzene rings is 2. The third-order valence-electron chi connectivity index (χ3n) is 13.8. The molecule has 0 aromatic heterocycles. The van der Waals surface area contributed by atoms with Gasteiger partial charge in [-0.2, -0.15) is 0 Å². The van der Waals surface area contributed by atoms with E-state index in [1.54, 1.807) is 6.07 Å². The molecular formula is C43H61ClN4O4S. The van der Waals surface area contributed by atoms with Gasteiger partial charge >= 0.3 is 0 Å². The highest BCUT2D eigenvalue weighted by Gasteiger charge is 2.50. The Balaban J connectivity index is 1.30. The highest BCUT2D eigenvalue weighted by atomic mass is 35.5. The lowest BCUT2D eigenvalue weighted by molar-refractivity contribution is -0.102. The molecule has 2 aromatic rings. The molecule has 7 rings (SSSR count). The minimum atomic E-state index is -2.96. The predicted octanol–water partition coefficient (Wildman–Crippen LogP) is 6.98. The van der Waals surface area contributed by atoms with Crippen molar-refractivity contribution in [3.63, 3.8) is 0 Å². The molecule has 9 atom stereocenters. The number of halogens is 1. The van der Waals surface area contributed by atoms with Gasteiger partial charge in [-0.1, -0.05) is 43.7 Å². The highest BCUT2D eigenvalue weighted by molar-refractivity contribution is 7.99. The molecule has 2 bridgehead atoms. The maximum absolute atomic E-state index is 14.1. The zero-order valence-electron chi connectivity index (χ0n) is 32.7. The number of nitrogens with zero attached hydrogens (tertiary/aromatic N) is 3. The number of rotatable bonds is 4. The average Bonchev–Trinajstić information content (AvgIpc) is 3.25. The number of piperazine rings is 1. The van der Waals surface area contributed by atoms with Crippen molar-refractivity contribution in [1.82, 2.24) is 14.5 Å². The van der Waals surface area contributed by atoms with E-state index in [4.69, 9.17) is 21.1 Å². The normalized spacial score (nSPS) is 37.4. The summed E-state index contributed by atoms with van der Waals surface area (Å²) >= 11 is 6.53. The number of hydrogen-bond donors (Lipinski definition) is 1. The predicted molar refractivity (Wildman–Crippen MR) is 219 cm³/mol. The maximum atomic E-state index is 14.1. The second kappa shape index (κ2) is 15.2. The molecule has 1 saturated heterocycles. The first-order valence-corrected chi connectivity index (χ1v) is 22.1. The van der Waals surface area contributed by atoms with Crippen LogP contribution in [0.25, 0.3) is 0 Å². The van der Waals surface area contributed by atoms with Gasteiger partial charge in [0.25, 0.3) is 5.91 Å². The molecule has 0 radical (unpaired) electrons. The number of anilines is 1. The van der Waals surface area contributed by atoms with Gasteiger partial charge in [-0.25, -0.2) is 4.21 Å². The summed E-state index contributed by atoms with van der Waals surface area (Å²) in [6.45, 7) is 17.1. The lowest BCUT2D eigenvalue weighted by atomic mass is 9.63. The Hall–Kier alpha value is -2.56.